The summed E-state index contributed by atoms with van der Waals surface area (Å²) in [5, 5.41) is 10.4. The van der Waals surface area contributed by atoms with Crippen LogP contribution in [-0.4, -0.2) is 27.7 Å². The van der Waals surface area contributed by atoms with E-state index in [0.717, 1.165) is 0 Å². The Labute approximate surface area is 111 Å². The van der Waals surface area contributed by atoms with E-state index < -0.39 is 0 Å². The molecule has 0 spiro atoms. The molecule has 1 unspecified atom stereocenters. The van der Waals surface area contributed by atoms with E-state index in [-0.39, 0.29) is 17.7 Å². The first-order chi connectivity index (χ1) is 8.34. The van der Waals surface area contributed by atoms with Crippen LogP contribution in [0.2, 0.25) is 0 Å². The molecule has 100 valence electrons. The first-order valence-electron chi connectivity index (χ1n) is 6.85. The SMILES string of the molecule is CC(C)[C@@H](O)[C@@H]1[C@H](c2ccccc2)N1C(C)(C)C. The van der Waals surface area contributed by atoms with Crippen molar-refractivity contribution in [2.24, 2.45) is 5.92 Å². The molecule has 2 nitrogen and oxygen atoms in total. The van der Waals surface area contributed by atoms with Gasteiger partial charge in [-0.05, 0) is 32.3 Å². The van der Waals surface area contributed by atoms with Crippen LogP contribution in [0, 0.1) is 5.92 Å². The number of hydrogen-bond acceptors (Lipinski definition) is 2. The highest BCUT2D eigenvalue weighted by atomic mass is 16.3. The average Bonchev–Trinajstić information content (AvgIpc) is 3.03. The predicted molar refractivity (Wildman–Crippen MR) is 75.4 cm³/mol. The lowest BCUT2D eigenvalue weighted by Gasteiger charge is -2.24. The summed E-state index contributed by atoms with van der Waals surface area (Å²) in [4.78, 5) is 2.42. The topological polar surface area (TPSA) is 23.2 Å². The van der Waals surface area contributed by atoms with Gasteiger partial charge in [-0.25, -0.2) is 0 Å². The van der Waals surface area contributed by atoms with Crippen molar-refractivity contribution in [3.05, 3.63) is 35.9 Å². The Kier molecular flexibility index (Phi) is 3.52. The lowest BCUT2D eigenvalue weighted by atomic mass is 9.99. The molecule has 1 aliphatic rings. The number of rotatable bonds is 3. The van der Waals surface area contributed by atoms with E-state index >= 15 is 0 Å². The van der Waals surface area contributed by atoms with E-state index in [1.54, 1.807) is 0 Å². The summed E-state index contributed by atoms with van der Waals surface area (Å²) in [6.45, 7) is 10.8. The number of nitrogens with zero attached hydrogens (tertiary/aromatic N) is 1. The third-order valence-electron chi connectivity index (χ3n) is 3.80. The molecule has 1 saturated heterocycles. The summed E-state index contributed by atoms with van der Waals surface area (Å²) in [5.74, 6) is 0.300. The lowest BCUT2D eigenvalue weighted by molar-refractivity contribution is 0.0953. The molecular weight excluding hydrogens is 222 g/mol. The lowest BCUT2D eigenvalue weighted by Crippen LogP contribution is -2.33. The summed E-state index contributed by atoms with van der Waals surface area (Å²) < 4.78 is 0. The van der Waals surface area contributed by atoms with Gasteiger partial charge >= 0.3 is 0 Å². The van der Waals surface area contributed by atoms with Crippen LogP contribution in [0.3, 0.4) is 0 Å². The molecule has 0 aliphatic carbocycles. The molecule has 1 aromatic carbocycles. The minimum absolute atomic E-state index is 0.0983. The van der Waals surface area contributed by atoms with Gasteiger partial charge in [0, 0.05) is 5.54 Å². The zero-order chi connectivity index (χ0) is 13.5. The number of hydrogen-bond donors (Lipinski definition) is 1. The van der Waals surface area contributed by atoms with Gasteiger partial charge in [-0.15, -0.1) is 0 Å². The number of benzene rings is 1. The molecule has 18 heavy (non-hydrogen) atoms. The first kappa shape index (κ1) is 13.6. The fourth-order valence-electron chi connectivity index (χ4n) is 2.87. The average molecular weight is 247 g/mol. The minimum Gasteiger partial charge on any atom is -0.391 e. The molecule has 1 aliphatic heterocycles. The molecule has 0 bridgehead atoms. The second kappa shape index (κ2) is 4.67. The van der Waals surface area contributed by atoms with Crippen LogP contribution >= 0.6 is 0 Å². The van der Waals surface area contributed by atoms with Crippen LogP contribution < -0.4 is 0 Å². The van der Waals surface area contributed by atoms with Gasteiger partial charge in [-0.1, -0.05) is 44.2 Å². The molecule has 2 heteroatoms. The molecular formula is C16H25NO. The van der Waals surface area contributed by atoms with Gasteiger partial charge in [0.25, 0.3) is 0 Å². The maximum Gasteiger partial charge on any atom is 0.0737 e. The molecule has 0 aromatic heterocycles. The Morgan fingerprint density at radius 1 is 1.11 bits per heavy atom. The molecule has 0 saturated carbocycles. The quantitative estimate of drug-likeness (QED) is 0.829. The van der Waals surface area contributed by atoms with Crippen LogP contribution in [0.15, 0.2) is 30.3 Å². The highest BCUT2D eigenvalue weighted by molar-refractivity contribution is 5.29. The zero-order valence-corrected chi connectivity index (χ0v) is 12.1. The molecule has 4 atom stereocenters. The first-order valence-corrected chi connectivity index (χ1v) is 6.85. The van der Waals surface area contributed by atoms with E-state index in [0.29, 0.717) is 12.0 Å². The fourth-order valence-corrected chi connectivity index (χ4v) is 2.87. The van der Waals surface area contributed by atoms with Gasteiger partial charge in [-0.3, -0.25) is 4.90 Å². The third-order valence-corrected chi connectivity index (χ3v) is 3.80. The number of aliphatic hydroxyl groups is 1. The molecule has 1 fully saturated rings. The molecule has 0 amide bonds. The number of aliphatic hydroxyl groups excluding tert-OH is 1. The molecule has 0 radical (unpaired) electrons. The summed E-state index contributed by atoms with van der Waals surface area (Å²) in [6, 6.07) is 11.1. The largest absolute Gasteiger partial charge is 0.391 e. The van der Waals surface area contributed by atoms with Crippen LogP contribution in [0.4, 0.5) is 0 Å². The summed E-state index contributed by atoms with van der Waals surface area (Å²) in [7, 11) is 0. The fraction of sp³-hybridized carbons (Fsp3) is 0.625. The zero-order valence-electron chi connectivity index (χ0n) is 12.1. The van der Waals surface area contributed by atoms with E-state index in [2.05, 4.69) is 63.8 Å². The van der Waals surface area contributed by atoms with Crippen molar-refractivity contribution in [3.8, 4) is 0 Å². The summed E-state index contributed by atoms with van der Waals surface area (Å²) in [5.41, 5.74) is 1.42. The van der Waals surface area contributed by atoms with Gasteiger partial charge in [0.2, 0.25) is 0 Å². The van der Waals surface area contributed by atoms with E-state index in [1.807, 2.05) is 6.07 Å². The van der Waals surface area contributed by atoms with Gasteiger partial charge in [0.15, 0.2) is 0 Å². The van der Waals surface area contributed by atoms with Crippen molar-refractivity contribution in [2.45, 2.75) is 58.3 Å². The maximum atomic E-state index is 10.4. The Morgan fingerprint density at radius 2 is 1.67 bits per heavy atom. The van der Waals surface area contributed by atoms with Crippen molar-refractivity contribution < 1.29 is 5.11 Å². The summed E-state index contributed by atoms with van der Waals surface area (Å²) >= 11 is 0. The van der Waals surface area contributed by atoms with Gasteiger partial charge in [0.05, 0.1) is 18.2 Å². The van der Waals surface area contributed by atoms with Crippen molar-refractivity contribution >= 4 is 0 Å². The smallest absolute Gasteiger partial charge is 0.0737 e. The second-order valence-corrected chi connectivity index (χ2v) is 6.66. The van der Waals surface area contributed by atoms with Crippen LogP contribution in [0.1, 0.15) is 46.2 Å². The minimum atomic E-state index is -0.255. The molecule has 2 rings (SSSR count). The highest BCUT2D eigenvalue weighted by Crippen LogP contribution is 2.51. The van der Waals surface area contributed by atoms with Crippen molar-refractivity contribution in [3.63, 3.8) is 0 Å². The van der Waals surface area contributed by atoms with Gasteiger partial charge < -0.3 is 5.11 Å². The summed E-state index contributed by atoms with van der Waals surface area (Å²) in [6.07, 6.45) is -0.255. The monoisotopic (exact) mass is 247 g/mol. The van der Waals surface area contributed by atoms with Gasteiger partial charge in [0.1, 0.15) is 0 Å². The second-order valence-electron chi connectivity index (χ2n) is 6.66. The van der Waals surface area contributed by atoms with Crippen molar-refractivity contribution in [2.75, 3.05) is 0 Å². The van der Waals surface area contributed by atoms with Crippen molar-refractivity contribution in [1.82, 2.24) is 4.90 Å². The third kappa shape index (κ3) is 2.45. The highest BCUT2D eigenvalue weighted by Gasteiger charge is 2.57. The van der Waals surface area contributed by atoms with Crippen LogP contribution in [0.25, 0.3) is 0 Å². The Balaban J connectivity index is 2.24. The van der Waals surface area contributed by atoms with E-state index in [9.17, 15) is 5.11 Å². The van der Waals surface area contributed by atoms with Gasteiger partial charge in [-0.2, -0.15) is 0 Å². The van der Waals surface area contributed by atoms with E-state index in [4.69, 9.17) is 0 Å². The normalized spacial score (nSPS) is 29.4. The molecule has 1 heterocycles. The molecule has 1 aromatic rings. The predicted octanol–water partition coefficient (Wildman–Crippen LogP) is 3.23. The van der Waals surface area contributed by atoms with Crippen LogP contribution in [-0.2, 0) is 0 Å². The van der Waals surface area contributed by atoms with Crippen LogP contribution in [0.5, 0.6) is 0 Å². The van der Waals surface area contributed by atoms with E-state index in [1.165, 1.54) is 5.56 Å². The van der Waals surface area contributed by atoms with Crippen molar-refractivity contribution in [1.29, 1.82) is 0 Å². The standard InChI is InChI=1S/C16H25NO/c1-11(2)15(18)14-13(17(14)16(3,4)5)12-9-7-6-8-10-12/h6-11,13-15,18H,1-5H3/t13-,14-,15+,17?/m0/s1. The maximum absolute atomic E-state index is 10.4. The Morgan fingerprint density at radius 3 is 2.11 bits per heavy atom. The molecule has 1 N–H and O–H groups in total. The Bertz CT molecular complexity index is 393. The Hall–Kier alpha value is -0.860.